The van der Waals surface area contributed by atoms with Crippen LogP contribution in [0.5, 0.6) is 0 Å². The van der Waals surface area contributed by atoms with E-state index in [1.807, 2.05) is 72.4 Å². The fourth-order valence-corrected chi connectivity index (χ4v) is 3.17. The summed E-state index contributed by atoms with van der Waals surface area (Å²) in [6.07, 6.45) is 0. The van der Waals surface area contributed by atoms with Crippen LogP contribution in [0.2, 0.25) is 0 Å². The number of Topliss-reactive ketones (excluding diaryl/α,β-unsaturated/α-hetero) is 1. The van der Waals surface area contributed by atoms with Gasteiger partial charge in [-0.05, 0) is 49.4 Å². The van der Waals surface area contributed by atoms with E-state index in [9.17, 15) is 9.59 Å². The Morgan fingerprint density at radius 1 is 0.885 bits per heavy atom. The highest BCUT2D eigenvalue weighted by molar-refractivity contribution is 5.95. The zero-order valence-corrected chi connectivity index (χ0v) is 15.6. The Kier molecular flexibility index (Phi) is 5.26. The summed E-state index contributed by atoms with van der Waals surface area (Å²) in [6.45, 7) is 4.54. The maximum Gasteiger partial charge on any atom is 0.254 e. The van der Waals surface area contributed by atoms with Crippen molar-refractivity contribution >= 4 is 23.1 Å². The van der Waals surface area contributed by atoms with Gasteiger partial charge < -0.3 is 14.7 Å². The molecule has 3 rings (SSSR count). The Morgan fingerprint density at radius 3 is 2.12 bits per heavy atom. The molecule has 1 heterocycles. The molecule has 1 fully saturated rings. The lowest BCUT2D eigenvalue weighted by molar-refractivity contribution is 0.0746. The third-order valence-electron chi connectivity index (χ3n) is 4.82. The molecule has 1 amide bonds. The molecule has 0 unspecified atom stereocenters. The highest BCUT2D eigenvalue weighted by Gasteiger charge is 2.22. The Hall–Kier alpha value is -2.82. The Bertz CT molecular complexity index is 791. The predicted octanol–water partition coefficient (Wildman–Crippen LogP) is 2.92. The number of anilines is 2. The van der Waals surface area contributed by atoms with Gasteiger partial charge >= 0.3 is 0 Å². The van der Waals surface area contributed by atoms with E-state index in [0.29, 0.717) is 13.1 Å². The van der Waals surface area contributed by atoms with E-state index in [-0.39, 0.29) is 11.7 Å². The van der Waals surface area contributed by atoms with Crippen molar-refractivity contribution in [1.29, 1.82) is 0 Å². The Morgan fingerprint density at radius 2 is 1.54 bits per heavy atom. The predicted molar refractivity (Wildman–Crippen MR) is 105 cm³/mol. The number of hydrogen-bond acceptors (Lipinski definition) is 4. The number of hydrogen-bond donors (Lipinski definition) is 0. The van der Waals surface area contributed by atoms with Crippen LogP contribution in [0.3, 0.4) is 0 Å². The monoisotopic (exact) mass is 351 g/mol. The zero-order valence-electron chi connectivity index (χ0n) is 15.6. The SMILES string of the molecule is CC(=O)c1ccc(N2CCN(C(=O)c3cccc(N(C)C)c3)CC2)cc1. The fourth-order valence-electron chi connectivity index (χ4n) is 3.17. The summed E-state index contributed by atoms with van der Waals surface area (Å²) in [6, 6.07) is 15.4. The molecule has 0 spiro atoms. The van der Waals surface area contributed by atoms with Crippen LogP contribution in [0.4, 0.5) is 11.4 Å². The van der Waals surface area contributed by atoms with E-state index in [4.69, 9.17) is 0 Å². The lowest BCUT2D eigenvalue weighted by Gasteiger charge is -2.36. The fraction of sp³-hybridized carbons (Fsp3) is 0.333. The summed E-state index contributed by atoms with van der Waals surface area (Å²) in [5.74, 6) is 0.159. The molecule has 0 aromatic heterocycles. The number of carbonyl (C=O) groups excluding carboxylic acids is 2. The minimum Gasteiger partial charge on any atom is -0.378 e. The van der Waals surface area contributed by atoms with Crippen molar-refractivity contribution in [3.05, 3.63) is 59.7 Å². The molecule has 1 saturated heterocycles. The molecule has 5 heteroatoms. The van der Waals surface area contributed by atoms with E-state index >= 15 is 0 Å². The van der Waals surface area contributed by atoms with Crippen molar-refractivity contribution in [3.8, 4) is 0 Å². The van der Waals surface area contributed by atoms with E-state index in [1.165, 1.54) is 0 Å². The molecular weight excluding hydrogens is 326 g/mol. The molecule has 0 N–H and O–H groups in total. The standard InChI is InChI=1S/C21H25N3O2/c1-16(25)17-7-9-19(10-8-17)23-11-13-24(14-12-23)21(26)18-5-4-6-20(15-18)22(2)3/h4-10,15H,11-14H2,1-3H3. The molecule has 1 aliphatic rings. The van der Waals surface area contributed by atoms with Gasteiger partial charge in [-0.15, -0.1) is 0 Å². The van der Waals surface area contributed by atoms with E-state index in [0.717, 1.165) is 35.6 Å². The largest absolute Gasteiger partial charge is 0.378 e. The Balaban J connectivity index is 1.63. The minimum atomic E-state index is 0.0759. The van der Waals surface area contributed by atoms with Crippen molar-refractivity contribution in [1.82, 2.24) is 4.90 Å². The summed E-state index contributed by atoms with van der Waals surface area (Å²) in [5.41, 5.74) is 3.58. The molecule has 136 valence electrons. The van der Waals surface area contributed by atoms with Gasteiger partial charge in [0, 0.05) is 62.8 Å². The van der Waals surface area contributed by atoms with Gasteiger partial charge in [0.05, 0.1) is 0 Å². The van der Waals surface area contributed by atoms with Crippen LogP contribution in [-0.2, 0) is 0 Å². The molecule has 0 aliphatic carbocycles. The van der Waals surface area contributed by atoms with Gasteiger partial charge in [-0.3, -0.25) is 9.59 Å². The molecular formula is C21H25N3O2. The average Bonchev–Trinajstić information content (AvgIpc) is 2.67. The summed E-state index contributed by atoms with van der Waals surface area (Å²) in [4.78, 5) is 30.3. The first-order chi connectivity index (χ1) is 12.5. The van der Waals surface area contributed by atoms with Gasteiger partial charge in [0.25, 0.3) is 5.91 Å². The first-order valence-corrected chi connectivity index (χ1v) is 8.88. The lowest BCUT2D eigenvalue weighted by Crippen LogP contribution is -2.48. The van der Waals surface area contributed by atoms with E-state index in [1.54, 1.807) is 6.92 Å². The molecule has 1 aliphatic heterocycles. The third-order valence-corrected chi connectivity index (χ3v) is 4.82. The maximum atomic E-state index is 12.8. The normalized spacial score (nSPS) is 14.3. The zero-order chi connectivity index (χ0) is 18.7. The van der Waals surface area contributed by atoms with Crippen molar-refractivity contribution in [3.63, 3.8) is 0 Å². The second-order valence-corrected chi connectivity index (χ2v) is 6.83. The highest BCUT2D eigenvalue weighted by Crippen LogP contribution is 2.20. The maximum absolute atomic E-state index is 12.8. The first-order valence-electron chi connectivity index (χ1n) is 8.88. The molecule has 2 aromatic rings. The van der Waals surface area contributed by atoms with Crippen molar-refractivity contribution in [2.45, 2.75) is 6.92 Å². The number of ketones is 1. The quantitative estimate of drug-likeness (QED) is 0.795. The van der Waals surface area contributed by atoms with Crippen LogP contribution in [0.25, 0.3) is 0 Å². The second-order valence-electron chi connectivity index (χ2n) is 6.83. The summed E-state index contributed by atoms with van der Waals surface area (Å²) < 4.78 is 0. The van der Waals surface area contributed by atoms with Crippen LogP contribution >= 0.6 is 0 Å². The summed E-state index contributed by atoms with van der Waals surface area (Å²) >= 11 is 0. The third kappa shape index (κ3) is 3.87. The minimum absolute atomic E-state index is 0.0759. The Labute approximate surface area is 154 Å². The van der Waals surface area contributed by atoms with Gasteiger partial charge in [0.15, 0.2) is 5.78 Å². The smallest absolute Gasteiger partial charge is 0.254 e. The number of nitrogens with zero attached hydrogens (tertiary/aromatic N) is 3. The topological polar surface area (TPSA) is 43.9 Å². The average molecular weight is 351 g/mol. The van der Waals surface area contributed by atoms with Gasteiger partial charge in [-0.1, -0.05) is 6.07 Å². The number of amides is 1. The van der Waals surface area contributed by atoms with Gasteiger partial charge in [-0.2, -0.15) is 0 Å². The van der Waals surface area contributed by atoms with Crippen LogP contribution in [0.15, 0.2) is 48.5 Å². The number of rotatable bonds is 4. The van der Waals surface area contributed by atoms with Gasteiger partial charge in [-0.25, -0.2) is 0 Å². The number of carbonyl (C=O) groups is 2. The first kappa shape index (κ1) is 18.0. The van der Waals surface area contributed by atoms with Crippen LogP contribution in [0.1, 0.15) is 27.6 Å². The molecule has 0 atom stereocenters. The molecule has 26 heavy (non-hydrogen) atoms. The number of piperazine rings is 1. The molecule has 5 nitrogen and oxygen atoms in total. The second kappa shape index (κ2) is 7.60. The molecule has 2 aromatic carbocycles. The van der Waals surface area contributed by atoms with Crippen LogP contribution < -0.4 is 9.80 Å². The van der Waals surface area contributed by atoms with E-state index in [2.05, 4.69) is 4.90 Å². The van der Waals surface area contributed by atoms with Crippen molar-refractivity contribution in [2.75, 3.05) is 50.1 Å². The number of benzene rings is 2. The summed E-state index contributed by atoms with van der Waals surface area (Å²) in [5, 5.41) is 0. The molecule has 0 saturated carbocycles. The van der Waals surface area contributed by atoms with E-state index < -0.39 is 0 Å². The lowest BCUT2D eigenvalue weighted by atomic mass is 10.1. The van der Waals surface area contributed by atoms with Crippen LogP contribution in [0, 0.1) is 0 Å². The van der Waals surface area contributed by atoms with Gasteiger partial charge in [0.2, 0.25) is 0 Å². The van der Waals surface area contributed by atoms with Gasteiger partial charge in [0.1, 0.15) is 0 Å². The highest BCUT2D eigenvalue weighted by atomic mass is 16.2. The van der Waals surface area contributed by atoms with Crippen molar-refractivity contribution < 1.29 is 9.59 Å². The molecule has 0 radical (unpaired) electrons. The van der Waals surface area contributed by atoms with Crippen LogP contribution in [-0.4, -0.2) is 56.9 Å². The summed E-state index contributed by atoms with van der Waals surface area (Å²) in [7, 11) is 3.94. The molecule has 0 bridgehead atoms. The van der Waals surface area contributed by atoms with Crippen molar-refractivity contribution in [2.24, 2.45) is 0 Å².